The molecule has 1 fully saturated rings. The highest BCUT2D eigenvalue weighted by Gasteiger charge is 2.32. The maximum atomic E-state index is 13.7. The van der Waals surface area contributed by atoms with E-state index in [1.807, 2.05) is 0 Å². The van der Waals surface area contributed by atoms with E-state index in [9.17, 15) is 9.18 Å². The molecule has 0 aliphatic carbocycles. The number of amides is 1. The van der Waals surface area contributed by atoms with Crippen LogP contribution in [0, 0.1) is 11.2 Å². The van der Waals surface area contributed by atoms with Crippen LogP contribution in [0.4, 0.5) is 4.39 Å². The minimum absolute atomic E-state index is 0.0241. The number of methoxy groups -OCH3 is 1. The van der Waals surface area contributed by atoms with Gasteiger partial charge in [0.25, 0.3) is 5.91 Å². The average Bonchev–Trinajstić information content (AvgIpc) is 2.49. The Morgan fingerprint density at radius 1 is 1.48 bits per heavy atom. The van der Waals surface area contributed by atoms with Gasteiger partial charge in [-0.05, 0) is 44.1 Å². The zero-order valence-corrected chi connectivity index (χ0v) is 12.8. The van der Waals surface area contributed by atoms with Crippen LogP contribution in [-0.4, -0.2) is 39.3 Å². The van der Waals surface area contributed by atoms with Crippen molar-refractivity contribution in [3.63, 3.8) is 0 Å². The molecule has 0 aromatic heterocycles. The lowest BCUT2D eigenvalue weighted by Crippen LogP contribution is -2.47. The molecule has 1 aliphatic rings. The van der Waals surface area contributed by atoms with E-state index >= 15 is 0 Å². The molecule has 0 radical (unpaired) electrons. The summed E-state index contributed by atoms with van der Waals surface area (Å²) < 4.78 is 19.0. The van der Waals surface area contributed by atoms with Crippen molar-refractivity contribution < 1.29 is 13.9 Å². The lowest BCUT2D eigenvalue weighted by molar-refractivity contribution is 0.0511. The second kappa shape index (κ2) is 7.20. The van der Waals surface area contributed by atoms with Crippen molar-refractivity contribution in [1.29, 1.82) is 0 Å². The third kappa shape index (κ3) is 4.15. The van der Waals surface area contributed by atoms with E-state index in [0.29, 0.717) is 18.2 Å². The number of hydrogen-bond donors (Lipinski definition) is 2. The number of piperidine rings is 1. The fourth-order valence-electron chi connectivity index (χ4n) is 2.67. The van der Waals surface area contributed by atoms with Gasteiger partial charge in [0.1, 0.15) is 5.82 Å². The second-order valence-electron chi connectivity index (χ2n) is 5.49. The molecule has 1 aromatic rings. The monoisotopic (exact) mass is 314 g/mol. The first-order chi connectivity index (χ1) is 10.1. The van der Waals surface area contributed by atoms with Crippen molar-refractivity contribution in [2.24, 2.45) is 5.41 Å². The molecule has 6 heteroatoms. The van der Waals surface area contributed by atoms with E-state index in [2.05, 4.69) is 10.6 Å². The van der Waals surface area contributed by atoms with Gasteiger partial charge in [-0.1, -0.05) is 11.6 Å². The number of carbonyl (C=O) groups excluding carboxylic acids is 1. The molecule has 1 aromatic carbocycles. The van der Waals surface area contributed by atoms with Crippen LogP contribution in [-0.2, 0) is 4.74 Å². The molecule has 21 heavy (non-hydrogen) atoms. The third-order valence-corrected chi connectivity index (χ3v) is 4.15. The molecule has 116 valence electrons. The Balaban J connectivity index is 2.03. The molecule has 1 saturated heterocycles. The van der Waals surface area contributed by atoms with E-state index in [-0.39, 0.29) is 11.0 Å². The Kier molecular flexibility index (Phi) is 5.56. The molecule has 1 heterocycles. The van der Waals surface area contributed by atoms with Gasteiger partial charge in [-0.3, -0.25) is 4.79 Å². The molecule has 0 saturated carbocycles. The van der Waals surface area contributed by atoms with Crippen molar-refractivity contribution in [2.45, 2.75) is 12.8 Å². The van der Waals surface area contributed by atoms with Gasteiger partial charge in [-0.15, -0.1) is 0 Å². The first-order valence-electron chi connectivity index (χ1n) is 6.99. The van der Waals surface area contributed by atoms with Crippen molar-refractivity contribution in [3.8, 4) is 0 Å². The number of ether oxygens (including phenoxy) is 1. The van der Waals surface area contributed by atoms with Crippen molar-refractivity contribution in [3.05, 3.63) is 34.6 Å². The summed E-state index contributed by atoms with van der Waals surface area (Å²) in [5.74, 6) is -1.01. The van der Waals surface area contributed by atoms with Gasteiger partial charge in [0.15, 0.2) is 0 Å². The van der Waals surface area contributed by atoms with E-state index < -0.39 is 11.7 Å². The lowest BCUT2D eigenvalue weighted by Gasteiger charge is -2.37. The summed E-state index contributed by atoms with van der Waals surface area (Å²) in [6, 6.07) is 3.97. The zero-order valence-electron chi connectivity index (χ0n) is 12.0. The van der Waals surface area contributed by atoms with Crippen LogP contribution in [0.2, 0.25) is 5.02 Å². The van der Waals surface area contributed by atoms with Gasteiger partial charge in [-0.25, -0.2) is 4.39 Å². The van der Waals surface area contributed by atoms with Gasteiger partial charge < -0.3 is 15.4 Å². The quantitative estimate of drug-likeness (QED) is 0.876. The van der Waals surface area contributed by atoms with E-state index in [4.69, 9.17) is 16.3 Å². The fraction of sp³-hybridized carbons (Fsp3) is 0.533. The highest BCUT2D eigenvalue weighted by Crippen LogP contribution is 2.28. The van der Waals surface area contributed by atoms with E-state index in [1.54, 1.807) is 7.11 Å². The van der Waals surface area contributed by atoms with Gasteiger partial charge in [0.05, 0.1) is 12.2 Å². The molecule has 4 nitrogen and oxygen atoms in total. The standard InChI is InChI=1S/C15H20ClFN2O2/c1-21-10-15(4-6-18-7-5-15)9-19-14(20)12-8-11(16)2-3-13(12)17/h2-3,8,18H,4-7,9-10H2,1H3,(H,19,20). The van der Waals surface area contributed by atoms with Gasteiger partial charge in [0, 0.05) is 24.1 Å². The molecule has 0 unspecified atom stereocenters. The Morgan fingerprint density at radius 2 is 2.19 bits per heavy atom. The molecule has 0 atom stereocenters. The minimum Gasteiger partial charge on any atom is -0.384 e. The molecule has 0 bridgehead atoms. The lowest BCUT2D eigenvalue weighted by atomic mass is 9.79. The SMILES string of the molecule is COCC1(CNC(=O)c2cc(Cl)ccc2F)CCNCC1. The largest absolute Gasteiger partial charge is 0.384 e. The number of nitrogens with one attached hydrogen (secondary N) is 2. The Morgan fingerprint density at radius 3 is 2.86 bits per heavy atom. The predicted octanol–water partition coefficient (Wildman–Crippen LogP) is 2.23. The molecule has 2 rings (SSSR count). The van der Waals surface area contributed by atoms with Gasteiger partial charge >= 0.3 is 0 Å². The summed E-state index contributed by atoms with van der Waals surface area (Å²) in [6.45, 7) is 2.83. The van der Waals surface area contributed by atoms with Crippen LogP contribution in [0.25, 0.3) is 0 Å². The molecule has 2 N–H and O–H groups in total. The normalized spacial score (nSPS) is 17.5. The van der Waals surface area contributed by atoms with Crippen molar-refractivity contribution in [2.75, 3.05) is 33.4 Å². The van der Waals surface area contributed by atoms with Crippen LogP contribution in [0.15, 0.2) is 18.2 Å². The van der Waals surface area contributed by atoms with Crippen LogP contribution >= 0.6 is 11.6 Å². The first-order valence-corrected chi connectivity index (χ1v) is 7.37. The number of halogens is 2. The van der Waals surface area contributed by atoms with Gasteiger partial charge in [-0.2, -0.15) is 0 Å². The van der Waals surface area contributed by atoms with Crippen LogP contribution in [0.3, 0.4) is 0 Å². The Hall–Kier alpha value is -1.17. The molecular weight excluding hydrogens is 295 g/mol. The molecular formula is C15H20ClFN2O2. The second-order valence-corrected chi connectivity index (χ2v) is 5.93. The first kappa shape index (κ1) is 16.2. The highest BCUT2D eigenvalue weighted by atomic mass is 35.5. The smallest absolute Gasteiger partial charge is 0.254 e. The maximum absolute atomic E-state index is 13.7. The fourth-order valence-corrected chi connectivity index (χ4v) is 2.84. The number of rotatable bonds is 5. The number of hydrogen-bond acceptors (Lipinski definition) is 3. The topological polar surface area (TPSA) is 50.4 Å². The molecule has 1 amide bonds. The zero-order chi connectivity index (χ0) is 15.3. The van der Waals surface area contributed by atoms with E-state index in [0.717, 1.165) is 25.9 Å². The summed E-state index contributed by atoms with van der Waals surface area (Å²) >= 11 is 5.81. The third-order valence-electron chi connectivity index (χ3n) is 3.91. The van der Waals surface area contributed by atoms with E-state index in [1.165, 1.54) is 18.2 Å². The van der Waals surface area contributed by atoms with Crippen LogP contribution in [0.1, 0.15) is 23.2 Å². The Labute approximate surface area is 129 Å². The highest BCUT2D eigenvalue weighted by molar-refractivity contribution is 6.30. The van der Waals surface area contributed by atoms with Crippen molar-refractivity contribution >= 4 is 17.5 Å². The van der Waals surface area contributed by atoms with Crippen molar-refractivity contribution in [1.82, 2.24) is 10.6 Å². The summed E-state index contributed by atoms with van der Waals surface area (Å²) in [5.41, 5.74) is -0.117. The minimum atomic E-state index is -0.567. The Bertz CT molecular complexity index is 499. The predicted molar refractivity (Wildman–Crippen MR) is 80.2 cm³/mol. The number of carbonyl (C=O) groups is 1. The summed E-state index contributed by atoms with van der Waals surface area (Å²) in [7, 11) is 1.66. The van der Waals surface area contributed by atoms with Crippen LogP contribution < -0.4 is 10.6 Å². The van der Waals surface area contributed by atoms with Gasteiger partial charge in [0.2, 0.25) is 0 Å². The maximum Gasteiger partial charge on any atom is 0.254 e. The molecule has 0 spiro atoms. The summed E-state index contributed by atoms with van der Waals surface area (Å²) in [5, 5.41) is 6.45. The number of benzene rings is 1. The molecule has 1 aliphatic heterocycles. The summed E-state index contributed by atoms with van der Waals surface area (Å²) in [4.78, 5) is 12.1. The van der Waals surface area contributed by atoms with Crippen LogP contribution in [0.5, 0.6) is 0 Å². The average molecular weight is 315 g/mol. The summed E-state index contributed by atoms with van der Waals surface area (Å²) in [6.07, 6.45) is 1.83.